The average molecular weight is 529 g/mol. The lowest BCUT2D eigenvalue weighted by Crippen LogP contribution is -2.52. The molecule has 0 saturated heterocycles. The monoisotopic (exact) mass is 527 g/mol. The van der Waals surface area contributed by atoms with E-state index in [9.17, 15) is 18.0 Å². The molecular weight excluding hydrogens is 497 g/mol. The van der Waals surface area contributed by atoms with E-state index in [2.05, 4.69) is 5.32 Å². The Bertz CT molecular complexity index is 1140. The van der Waals surface area contributed by atoms with Gasteiger partial charge in [-0.3, -0.25) is 13.9 Å². The lowest BCUT2D eigenvalue weighted by atomic mass is 10.1. The molecule has 2 rings (SSSR count). The molecule has 10 heteroatoms. The second-order valence-electron chi connectivity index (χ2n) is 8.28. The Morgan fingerprint density at radius 1 is 1.06 bits per heavy atom. The molecule has 0 bridgehead atoms. The van der Waals surface area contributed by atoms with E-state index in [1.165, 1.54) is 17.0 Å². The van der Waals surface area contributed by atoms with Crippen LogP contribution in [-0.4, -0.2) is 50.0 Å². The molecule has 2 aromatic rings. The summed E-state index contributed by atoms with van der Waals surface area (Å²) in [6.45, 7) is 6.98. The molecule has 34 heavy (non-hydrogen) atoms. The first-order valence-electron chi connectivity index (χ1n) is 10.9. The van der Waals surface area contributed by atoms with Crippen LogP contribution in [0.25, 0.3) is 0 Å². The van der Waals surface area contributed by atoms with Gasteiger partial charge in [0.05, 0.1) is 22.0 Å². The minimum atomic E-state index is -3.89. The largest absolute Gasteiger partial charge is 0.352 e. The first-order chi connectivity index (χ1) is 15.9. The van der Waals surface area contributed by atoms with Crippen molar-refractivity contribution < 1.29 is 18.0 Å². The van der Waals surface area contributed by atoms with E-state index in [-0.39, 0.29) is 34.2 Å². The Kier molecular flexibility index (Phi) is 9.79. The molecule has 0 unspecified atom stereocenters. The summed E-state index contributed by atoms with van der Waals surface area (Å²) < 4.78 is 26.2. The van der Waals surface area contributed by atoms with Gasteiger partial charge in [-0.15, -0.1) is 0 Å². The maximum absolute atomic E-state index is 13.6. The van der Waals surface area contributed by atoms with Gasteiger partial charge in [0, 0.05) is 12.6 Å². The highest BCUT2D eigenvalue weighted by Gasteiger charge is 2.31. The minimum Gasteiger partial charge on any atom is -0.352 e. The Morgan fingerprint density at radius 3 is 2.29 bits per heavy atom. The molecular formula is C24H31Cl2N3O4S. The van der Waals surface area contributed by atoms with E-state index >= 15 is 0 Å². The lowest BCUT2D eigenvalue weighted by molar-refractivity contribution is -0.139. The number of anilines is 1. The van der Waals surface area contributed by atoms with E-state index < -0.39 is 28.5 Å². The highest BCUT2D eigenvalue weighted by molar-refractivity contribution is 7.92. The van der Waals surface area contributed by atoms with Gasteiger partial charge >= 0.3 is 0 Å². The Labute approximate surface area is 212 Å². The number of nitrogens with zero attached hydrogens (tertiary/aromatic N) is 2. The zero-order valence-electron chi connectivity index (χ0n) is 20.0. The van der Waals surface area contributed by atoms with E-state index in [0.717, 1.165) is 28.1 Å². The highest BCUT2D eigenvalue weighted by atomic mass is 35.5. The van der Waals surface area contributed by atoms with Gasteiger partial charge in [0.15, 0.2) is 0 Å². The molecule has 0 aliphatic heterocycles. The molecule has 2 amide bonds. The van der Waals surface area contributed by atoms with E-state index in [4.69, 9.17) is 23.2 Å². The smallest absolute Gasteiger partial charge is 0.244 e. The summed E-state index contributed by atoms with van der Waals surface area (Å²) in [5.74, 6) is -0.862. The number of carbonyl (C=O) groups excluding carboxylic acids is 2. The molecule has 2 aromatic carbocycles. The molecule has 0 aliphatic carbocycles. The third kappa shape index (κ3) is 7.10. The van der Waals surface area contributed by atoms with Gasteiger partial charge in [-0.05, 0) is 50.5 Å². The highest BCUT2D eigenvalue weighted by Crippen LogP contribution is 2.33. The number of hydrogen-bond acceptors (Lipinski definition) is 4. The fourth-order valence-corrected chi connectivity index (χ4v) is 4.60. The van der Waals surface area contributed by atoms with Crippen LogP contribution in [-0.2, 0) is 26.2 Å². The Balaban J connectivity index is 2.45. The van der Waals surface area contributed by atoms with E-state index in [0.29, 0.717) is 0 Å². The number of aryl methyl sites for hydroxylation is 1. The van der Waals surface area contributed by atoms with Crippen LogP contribution in [0.5, 0.6) is 0 Å². The summed E-state index contributed by atoms with van der Waals surface area (Å²) in [7, 11) is -3.89. The maximum Gasteiger partial charge on any atom is 0.244 e. The number of amides is 2. The van der Waals surface area contributed by atoms with Crippen molar-refractivity contribution in [3.63, 3.8) is 0 Å². The van der Waals surface area contributed by atoms with Crippen molar-refractivity contribution in [1.29, 1.82) is 0 Å². The van der Waals surface area contributed by atoms with Crippen LogP contribution in [0.4, 0.5) is 5.69 Å². The molecule has 1 N–H and O–H groups in total. The Morgan fingerprint density at radius 2 is 1.71 bits per heavy atom. The van der Waals surface area contributed by atoms with Crippen LogP contribution in [0.15, 0.2) is 42.5 Å². The summed E-state index contributed by atoms with van der Waals surface area (Å²) in [6, 6.07) is 11.2. The van der Waals surface area contributed by atoms with E-state index in [1.54, 1.807) is 13.0 Å². The van der Waals surface area contributed by atoms with Gasteiger partial charge in [0.1, 0.15) is 12.6 Å². The van der Waals surface area contributed by atoms with Crippen molar-refractivity contribution in [2.45, 2.75) is 52.7 Å². The number of hydrogen-bond donors (Lipinski definition) is 1. The zero-order chi connectivity index (χ0) is 25.6. The fourth-order valence-electron chi connectivity index (χ4n) is 3.30. The molecule has 0 saturated carbocycles. The Hall–Kier alpha value is -2.29. The number of nitrogens with one attached hydrogen (secondary N) is 1. The summed E-state index contributed by atoms with van der Waals surface area (Å²) in [5, 5.41) is 3.08. The number of benzene rings is 2. The topological polar surface area (TPSA) is 86.8 Å². The third-order valence-corrected chi connectivity index (χ3v) is 7.58. The van der Waals surface area contributed by atoms with Crippen molar-refractivity contribution in [1.82, 2.24) is 10.2 Å². The number of carbonyl (C=O) groups is 2. The van der Waals surface area contributed by atoms with Crippen molar-refractivity contribution in [2.24, 2.45) is 0 Å². The standard InChI is InChI=1S/C24H31Cl2N3O4S/c1-6-17(3)27-24(31)18(4)28(14-19-11-8-7-10-16(19)2)22(30)15-29(34(5,32)33)21-13-9-12-20(25)23(21)26/h7-13,17-18H,6,14-15H2,1-5H3,(H,27,31)/t17-,18-/m1/s1. The number of sulfonamides is 1. The summed E-state index contributed by atoms with van der Waals surface area (Å²) in [4.78, 5) is 27.8. The van der Waals surface area contributed by atoms with Crippen LogP contribution in [0, 0.1) is 6.92 Å². The van der Waals surface area contributed by atoms with Gasteiger partial charge < -0.3 is 10.2 Å². The predicted molar refractivity (Wildman–Crippen MR) is 138 cm³/mol. The van der Waals surface area contributed by atoms with Crippen molar-refractivity contribution >= 4 is 50.7 Å². The third-order valence-electron chi connectivity index (χ3n) is 5.65. The molecule has 0 spiro atoms. The first-order valence-corrected chi connectivity index (χ1v) is 13.5. The number of halogens is 2. The molecule has 0 radical (unpaired) electrons. The molecule has 0 aliphatic rings. The van der Waals surface area contributed by atoms with Crippen molar-refractivity contribution in [3.05, 3.63) is 63.6 Å². The summed E-state index contributed by atoms with van der Waals surface area (Å²) in [6.07, 6.45) is 1.72. The second kappa shape index (κ2) is 11.9. The van der Waals surface area contributed by atoms with Gasteiger partial charge in [0.2, 0.25) is 21.8 Å². The van der Waals surface area contributed by atoms with Crippen LogP contribution < -0.4 is 9.62 Å². The van der Waals surface area contributed by atoms with Crippen LogP contribution in [0.2, 0.25) is 10.0 Å². The van der Waals surface area contributed by atoms with Crippen molar-refractivity contribution in [3.8, 4) is 0 Å². The lowest BCUT2D eigenvalue weighted by Gasteiger charge is -2.32. The molecule has 0 aromatic heterocycles. The van der Waals surface area contributed by atoms with Gasteiger partial charge in [0.25, 0.3) is 0 Å². The van der Waals surface area contributed by atoms with E-state index in [1.807, 2.05) is 45.0 Å². The van der Waals surface area contributed by atoms with Gasteiger partial charge in [-0.2, -0.15) is 0 Å². The summed E-state index contributed by atoms with van der Waals surface area (Å²) >= 11 is 12.4. The normalized spacial score (nSPS) is 13.1. The molecule has 0 fully saturated rings. The van der Waals surface area contributed by atoms with Gasteiger partial charge in [-0.1, -0.05) is 60.5 Å². The van der Waals surface area contributed by atoms with Crippen molar-refractivity contribution in [2.75, 3.05) is 17.1 Å². The predicted octanol–water partition coefficient (Wildman–Crippen LogP) is 4.40. The number of rotatable bonds is 10. The zero-order valence-corrected chi connectivity index (χ0v) is 22.3. The molecule has 7 nitrogen and oxygen atoms in total. The minimum absolute atomic E-state index is 0.0235. The average Bonchev–Trinajstić information content (AvgIpc) is 2.77. The summed E-state index contributed by atoms with van der Waals surface area (Å²) in [5.41, 5.74) is 1.90. The SMILES string of the molecule is CC[C@@H](C)NC(=O)[C@@H](C)N(Cc1ccccc1C)C(=O)CN(c1cccc(Cl)c1Cl)S(C)(=O)=O. The fraction of sp³-hybridized carbons (Fsp3) is 0.417. The van der Waals surface area contributed by atoms with Crippen LogP contribution in [0.3, 0.4) is 0 Å². The molecule has 0 heterocycles. The molecule has 186 valence electrons. The van der Waals surface area contributed by atoms with Crippen LogP contribution >= 0.6 is 23.2 Å². The second-order valence-corrected chi connectivity index (χ2v) is 11.0. The van der Waals surface area contributed by atoms with Crippen LogP contribution in [0.1, 0.15) is 38.3 Å². The first kappa shape index (κ1) is 28.0. The molecule has 2 atom stereocenters. The van der Waals surface area contributed by atoms with Gasteiger partial charge in [-0.25, -0.2) is 8.42 Å². The maximum atomic E-state index is 13.6. The quantitative estimate of drug-likeness (QED) is 0.495.